The van der Waals surface area contributed by atoms with Crippen LogP contribution in [-0.2, 0) is 6.54 Å². The van der Waals surface area contributed by atoms with Crippen molar-refractivity contribution < 1.29 is 9.52 Å². The molecule has 6 heteroatoms. The number of nitrogens with zero attached hydrogens (tertiary/aromatic N) is 4. The summed E-state index contributed by atoms with van der Waals surface area (Å²) in [6.07, 6.45) is 1.53. The van der Waals surface area contributed by atoms with Crippen molar-refractivity contribution in [3.05, 3.63) is 60.5 Å². The maximum absolute atomic E-state index is 10.7. The van der Waals surface area contributed by atoms with Gasteiger partial charge in [-0.05, 0) is 24.3 Å². The molecule has 1 aromatic carbocycles. The number of aromatic nitrogens is 1. The molecule has 0 aliphatic carbocycles. The number of rotatable bonds is 4. The Kier molecular flexibility index (Phi) is 4.76. The van der Waals surface area contributed by atoms with Gasteiger partial charge in [-0.2, -0.15) is 0 Å². The average Bonchev–Trinajstić information content (AvgIpc) is 3.31. The van der Waals surface area contributed by atoms with E-state index in [1.54, 1.807) is 0 Å². The first-order valence-electron chi connectivity index (χ1n) is 10.0. The van der Waals surface area contributed by atoms with Crippen molar-refractivity contribution >= 4 is 16.8 Å². The van der Waals surface area contributed by atoms with Crippen LogP contribution in [0.2, 0.25) is 0 Å². The standard InChI is InChI=1S/C22H26N4O2/c27-20-16-24(14-18-13-17-5-1-2-6-21(17)28-18)15-19(20)25-9-11-26(12-10-25)22-7-3-4-8-23-22/h1-8,13,19-20,27H,9-12,14-16H2/t19-,20-/m0/s1. The summed E-state index contributed by atoms with van der Waals surface area (Å²) in [6.45, 7) is 6.13. The number of para-hydroxylation sites is 1. The van der Waals surface area contributed by atoms with Gasteiger partial charge in [0.25, 0.3) is 0 Å². The molecule has 0 spiro atoms. The van der Waals surface area contributed by atoms with Gasteiger partial charge in [0.15, 0.2) is 0 Å². The predicted molar refractivity (Wildman–Crippen MR) is 109 cm³/mol. The molecule has 0 amide bonds. The van der Waals surface area contributed by atoms with Gasteiger partial charge in [0.2, 0.25) is 0 Å². The van der Waals surface area contributed by atoms with Gasteiger partial charge in [-0.25, -0.2) is 4.98 Å². The second-order valence-electron chi connectivity index (χ2n) is 7.79. The molecular weight excluding hydrogens is 352 g/mol. The fourth-order valence-corrected chi connectivity index (χ4v) is 4.49. The van der Waals surface area contributed by atoms with E-state index in [4.69, 9.17) is 4.42 Å². The number of β-amino-alcohol motifs (C(OH)–C–C–N with tert-alkyl or cyclic N) is 1. The molecule has 0 radical (unpaired) electrons. The van der Waals surface area contributed by atoms with Crippen molar-refractivity contribution in [3.8, 4) is 0 Å². The lowest BCUT2D eigenvalue weighted by molar-refractivity contribution is 0.0790. The normalized spacial score (nSPS) is 24.2. The Hall–Kier alpha value is -2.41. The molecule has 2 aromatic heterocycles. The van der Waals surface area contributed by atoms with Gasteiger partial charge in [0.05, 0.1) is 12.6 Å². The SMILES string of the molecule is O[C@H]1CN(Cc2cc3ccccc3o2)C[C@@H]1N1CCN(c2ccccn2)CC1. The molecule has 2 aliphatic heterocycles. The van der Waals surface area contributed by atoms with Crippen molar-refractivity contribution in [1.29, 1.82) is 0 Å². The van der Waals surface area contributed by atoms with Crippen LogP contribution in [-0.4, -0.2) is 71.3 Å². The zero-order valence-electron chi connectivity index (χ0n) is 15.9. The summed E-state index contributed by atoms with van der Waals surface area (Å²) in [5.74, 6) is 2.01. The molecule has 1 N–H and O–H groups in total. The maximum Gasteiger partial charge on any atom is 0.134 e. The van der Waals surface area contributed by atoms with Gasteiger partial charge in [-0.3, -0.25) is 9.80 Å². The number of fused-ring (bicyclic) bond motifs is 1. The summed E-state index contributed by atoms with van der Waals surface area (Å²) < 4.78 is 5.96. The Morgan fingerprint density at radius 3 is 2.61 bits per heavy atom. The fourth-order valence-electron chi connectivity index (χ4n) is 4.49. The first-order valence-corrected chi connectivity index (χ1v) is 10.0. The highest BCUT2D eigenvalue weighted by Gasteiger charge is 2.37. The maximum atomic E-state index is 10.7. The van der Waals surface area contributed by atoms with Crippen molar-refractivity contribution in [1.82, 2.24) is 14.8 Å². The number of benzene rings is 1. The molecule has 28 heavy (non-hydrogen) atoms. The average molecular weight is 378 g/mol. The van der Waals surface area contributed by atoms with Gasteiger partial charge in [0, 0.05) is 56.9 Å². The van der Waals surface area contributed by atoms with E-state index in [1.807, 2.05) is 36.5 Å². The summed E-state index contributed by atoms with van der Waals surface area (Å²) in [5.41, 5.74) is 0.930. The molecule has 2 fully saturated rings. The lowest BCUT2D eigenvalue weighted by Gasteiger charge is -2.39. The summed E-state index contributed by atoms with van der Waals surface area (Å²) in [4.78, 5) is 11.5. The van der Waals surface area contributed by atoms with Crippen LogP contribution >= 0.6 is 0 Å². The van der Waals surface area contributed by atoms with E-state index in [-0.39, 0.29) is 12.1 Å². The van der Waals surface area contributed by atoms with Gasteiger partial charge in [-0.1, -0.05) is 24.3 Å². The molecule has 0 saturated carbocycles. The first-order chi connectivity index (χ1) is 13.8. The Balaban J connectivity index is 1.19. The van der Waals surface area contributed by atoms with Gasteiger partial charge >= 0.3 is 0 Å². The van der Waals surface area contributed by atoms with Crippen molar-refractivity contribution in [2.75, 3.05) is 44.2 Å². The lowest BCUT2D eigenvalue weighted by atomic mass is 10.1. The van der Waals surface area contributed by atoms with E-state index in [2.05, 4.69) is 37.9 Å². The van der Waals surface area contributed by atoms with E-state index >= 15 is 0 Å². The van der Waals surface area contributed by atoms with Crippen LogP contribution < -0.4 is 4.90 Å². The summed E-state index contributed by atoms with van der Waals surface area (Å²) in [7, 11) is 0. The minimum atomic E-state index is -0.314. The molecule has 0 unspecified atom stereocenters. The van der Waals surface area contributed by atoms with Crippen LogP contribution in [0.3, 0.4) is 0 Å². The number of hydrogen-bond acceptors (Lipinski definition) is 6. The third-order valence-electron chi connectivity index (χ3n) is 5.95. The van der Waals surface area contributed by atoms with E-state index in [9.17, 15) is 5.11 Å². The minimum absolute atomic E-state index is 0.190. The monoisotopic (exact) mass is 378 g/mol. The Morgan fingerprint density at radius 1 is 1.00 bits per heavy atom. The summed E-state index contributed by atoms with van der Waals surface area (Å²) in [5, 5.41) is 11.8. The molecular formula is C22H26N4O2. The second-order valence-corrected chi connectivity index (χ2v) is 7.79. The highest BCUT2D eigenvalue weighted by molar-refractivity contribution is 5.77. The number of pyridine rings is 1. The van der Waals surface area contributed by atoms with Crippen molar-refractivity contribution in [2.24, 2.45) is 0 Å². The highest BCUT2D eigenvalue weighted by atomic mass is 16.3. The molecule has 2 saturated heterocycles. The topological polar surface area (TPSA) is 56.0 Å². The molecule has 146 valence electrons. The molecule has 2 atom stereocenters. The first kappa shape index (κ1) is 17.7. The molecule has 6 nitrogen and oxygen atoms in total. The van der Waals surface area contributed by atoms with E-state index < -0.39 is 0 Å². The molecule has 3 aromatic rings. The van der Waals surface area contributed by atoms with Crippen LogP contribution in [0.1, 0.15) is 5.76 Å². The Bertz CT molecular complexity index is 887. The van der Waals surface area contributed by atoms with E-state index in [0.717, 1.165) is 61.8 Å². The number of anilines is 1. The third kappa shape index (κ3) is 3.51. The van der Waals surface area contributed by atoms with Crippen LogP contribution in [0.4, 0.5) is 5.82 Å². The van der Waals surface area contributed by atoms with Crippen molar-refractivity contribution in [2.45, 2.75) is 18.7 Å². The number of hydrogen-bond donors (Lipinski definition) is 1. The van der Waals surface area contributed by atoms with E-state index in [0.29, 0.717) is 6.54 Å². The number of furan rings is 1. The minimum Gasteiger partial charge on any atom is -0.460 e. The third-order valence-corrected chi connectivity index (χ3v) is 5.95. The summed E-state index contributed by atoms with van der Waals surface area (Å²) >= 11 is 0. The van der Waals surface area contributed by atoms with Crippen LogP contribution in [0, 0.1) is 0 Å². The lowest BCUT2D eigenvalue weighted by Crippen LogP contribution is -2.53. The van der Waals surface area contributed by atoms with Crippen molar-refractivity contribution in [3.63, 3.8) is 0 Å². The predicted octanol–water partition coefficient (Wildman–Crippen LogP) is 2.20. The van der Waals surface area contributed by atoms with Gasteiger partial charge in [-0.15, -0.1) is 0 Å². The quantitative estimate of drug-likeness (QED) is 0.751. The number of piperazine rings is 1. The molecule has 4 heterocycles. The molecule has 2 aliphatic rings. The highest BCUT2D eigenvalue weighted by Crippen LogP contribution is 2.24. The Morgan fingerprint density at radius 2 is 1.82 bits per heavy atom. The smallest absolute Gasteiger partial charge is 0.134 e. The summed E-state index contributed by atoms with van der Waals surface area (Å²) in [6, 6.07) is 16.5. The number of aliphatic hydroxyl groups excluding tert-OH is 1. The number of likely N-dealkylation sites (tertiary alicyclic amines) is 1. The largest absolute Gasteiger partial charge is 0.460 e. The second kappa shape index (κ2) is 7.54. The zero-order valence-corrected chi connectivity index (χ0v) is 15.9. The zero-order chi connectivity index (χ0) is 18.9. The van der Waals surface area contributed by atoms with E-state index in [1.165, 1.54) is 0 Å². The molecule has 0 bridgehead atoms. The van der Waals surface area contributed by atoms with Gasteiger partial charge < -0.3 is 14.4 Å². The number of aliphatic hydroxyl groups is 1. The van der Waals surface area contributed by atoms with Gasteiger partial charge in [0.1, 0.15) is 17.2 Å². The fraction of sp³-hybridized carbons (Fsp3) is 0.409. The molecule has 5 rings (SSSR count). The van der Waals surface area contributed by atoms with Crippen LogP contribution in [0.15, 0.2) is 59.1 Å². The van der Waals surface area contributed by atoms with Crippen LogP contribution in [0.5, 0.6) is 0 Å². The Labute approximate surface area is 165 Å². The van der Waals surface area contributed by atoms with Crippen LogP contribution in [0.25, 0.3) is 11.0 Å².